The highest BCUT2D eigenvalue weighted by Gasteiger charge is 2.22. The third-order valence-electron chi connectivity index (χ3n) is 4.63. The zero-order valence-corrected chi connectivity index (χ0v) is 15.4. The van der Waals surface area contributed by atoms with Crippen molar-refractivity contribution in [2.24, 2.45) is 0 Å². The number of nitrogens with zero attached hydrogens (tertiary/aromatic N) is 2. The molecule has 142 valence electrons. The number of amides is 3. The molecule has 7 heteroatoms. The van der Waals surface area contributed by atoms with Crippen LogP contribution in [0.1, 0.15) is 32.9 Å². The van der Waals surface area contributed by atoms with E-state index < -0.39 is 0 Å². The minimum atomic E-state index is -0.214. The van der Waals surface area contributed by atoms with Crippen molar-refractivity contribution in [3.05, 3.63) is 82.7 Å². The fourth-order valence-electron chi connectivity index (χ4n) is 3.16. The van der Waals surface area contributed by atoms with Gasteiger partial charge >= 0.3 is 6.03 Å². The van der Waals surface area contributed by atoms with Crippen molar-refractivity contribution >= 4 is 17.6 Å². The Morgan fingerprint density at radius 1 is 1.07 bits per heavy atom. The summed E-state index contributed by atoms with van der Waals surface area (Å²) in [6.45, 7) is 3.30. The largest absolute Gasteiger partial charge is 0.361 e. The number of fused-ring (bicyclic) bond motifs is 1. The summed E-state index contributed by atoms with van der Waals surface area (Å²) in [5.74, 6) is 0.485. The van der Waals surface area contributed by atoms with Gasteiger partial charge in [-0.3, -0.25) is 4.79 Å². The summed E-state index contributed by atoms with van der Waals surface area (Å²) in [7, 11) is 0. The predicted octanol–water partition coefficient (Wildman–Crippen LogP) is 3.46. The highest BCUT2D eigenvalue weighted by Crippen LogP contribution is 2.23. The molecule has 0 aliphatic carbocycles. The second-order valence-electron chi connectivity index (χ2n) is 6.74. The number of rotatable bonds is 4. The molecule has 7 nitrogen and oxygen atoms in total. The predicted molar refractivity (Wildman–Crippen MR) is 104 cm³/mol. The van der Waals surface area contributed by atoms with Crippen LogP contribution in [0.25, 0.3) is 0 Å². The van der Waals surface area contributed by atoms with Crippen LogP contribution in [-0.2, 0) is 19.6 Å². The molecule has 3 amide bonds. The number of carbonyl (C=O) groups excluding carboxylic acids is 2. The summed E-state index contributed by atoms with van der Waals surface area (Å²) >= 11 is 0. The van der Waals surface area contributed by atoms with Crippen LogP contribution in [0.2, 0.25) is 0 Å². The van der Waals surface area contributed by atoms with E-state index in [1.807, 2.05) is 24.3 Å². The van der Waals surface area contributed by atoms with Gasteiger partial charge in [-0.05, 0) is 42.3 Å². The molecule has 2 N–H and O–H groups in total. The van der Waals surface area contributed by atoms with Crippen molar-refractivity contribution in [3.8, 4) is 0 Å². The maximum Gasteiger partial charge on any atom is 0.322 e. The first-order valence-electron chi connectivity index (χ1n) is 9.01. The SMILES string of the molecule is Cc1cc(CNC(=O)c2ccc(NC(=O)N3Cc4ccccc4C3)cc2)no1. The van der Waals surface area contributed by atoms with Gasteiger partial charge in [-0.25, -0.2) is 4.79 Å². The molecular formula is C21H20N4O3. The van der Waals surface area contributed by atoms with Crippen molar-refractivity contribution in [1.29, 1.82) is 0 Å². The van der Waals surface area contributed by atoms with Crippen LogP contribution >= 0.6 is 0 Å². The van der Waals surface area contributed by atoms with Crippen LogP contribution in [0.15, 0.2) is 59.1 Å². The van der Waals surface area contributed by atoms with Gasteiger partial charge in [0.25, 0.3) is 5.91 Å². The van der Waals surface area contributed by atoms with Crippen molar-refractivity contribution in [3.63, 3.8) is 0 Å². The third-order valence-corrected chi connectivity index (χ3v) is 4.63. The van der Waals surface area contributed by atoms with E-state index in [1.165, 1.54) is 11.1 Å². The summed E-state index contributed by atoms with van der Waals surface area (Å²) in [5, 5.41) is 9.50. The fourth-order valence-corrected chi connectivity index (χ4v) is 3.16. The quantitative estimate of drug-likeness (QED) is 0.730. The maximum atomic E-state index is 12.5. The fraction of sp³-hybridized carbons (Fsp3) is 0.190. The van der Waals surface area contributed by atoms with Crippen molar-refractivity contribution in [1.82, 2.24) is 15.4 Å². The van der Waals surface area contributed by atoms with Gasteiger partial charge in [0.2, 0.25) is 0 Å². The summed E-state index contributed by atoms with van der Waals surface area (Å²) in [6, 6.07) is 16.4. The smallest absolute Gasteiger partial charge is 0.322 e. The molecule has 0 fully saturated rings. The minimum Gasteiger partial charge on any atom is -0.361 e. The molecule has 2 aromatic carbocycles. The number of hydrogen-bond donors (Lipinski definition) is 2. The number of carbonyl (C=O) groups is 2. The molecule has 0 atom stereocenters. The average Bonchev–Trinajstić information content (AvgIpc) is 3.32. The number of anilines is 1. The average molecular weight is 376 g/mol. The highest BCUT2D eigenvalue weighted by molar-refractivity contribution is 5.95. The van der Waals surface area contributed by atoms with Crippen molar-refractivity contribution in [2.75, 3.05) is 5.32 Å². The lowest BCUT2D eigenvalue weighted by atomic mass is 10.1. The summed E-state index contributed by atoms with van der Waals surface area (Å²) in [5.41, 5.74) is 4.16. The number of aromatic nitrogens is 1. The van der Waals surface area contributed by atoms with Crippen LogP contribution in [0, 0.1) is 6.92 Å². The Kier molecular flexibility index (Phi) is 4.80. The van der Waals surface area contributed by atoms with E-state index in [0.717, 1.165) is 0 Å². The minimum absolute atomic E-state index is 0.158. The van der Waals surface area contributed by atoms with Gasteiger partial charge in [-0.15, -0.1) is 0 Å². The summed E-state index contributed by atoms with van der Waals surface area (Å²) < 4.78 is 4.97. The molecule has 0 bridgehead atoms. The first kappa shape index (κ1) is 17.8. The van der Waals surface area contributed by atoms with Crippen LogP contribution < -0.4 is 10.6 Å². The number of benzene rings is 2. The molecule has 1 aromatic heterocycles. The Morgan fingerprint density at radius 3 is 2.36 bits per heavy atom. The molecular weight excluding hydrogens is 356 g/mol. The zero-order chi connectivity index (χ0) is 19.5. The molecule has 4 rings (SSSR count). The van der Waals surface area contributed by atoms with Crippen LogP contribution in [0.5, 0.6) is 0 Å². The first-order valence-corrected chi connectivity index (χ1v) is 9.01. The third kappa shape index (κ3) is 3.88. The standard InChI is InChI=1S/C21H20N4O3/c1-14-10-19(24-28-14)11-22-20(26)15-6-8-18(9-7-15)23-21(27)25-12-16-4-2-3-5-17(16)13-25/h2-10H,11-13H2,1H3,(H,22,26)(H,23,27). The lowest BCUT2D eigenvalue weighted by Gasteiger charge is -2.16. The van der Waals surface area contributed by atoms with Gasteiger partial charge in [0, 0.05) is 30.4 Å². The Labute approximate surface area is 162 Å². The van der Waals surface area contributed by atoms with Crippen LogP contribution in [0.3, 0.4) is 0 Å². The monoisotopic (exact) mass is 376 g/mol. The van der Waals surface area contributed by atoms with Gasteiger partial charge in [-0.1, -0.05) is 29.4 Å². The summed E-state index contributed by atoms with van der Waals surface area (Å²) in [6.07, 6.45) is 0. The molecule has 0 radical (unpaired) electrons. The Hall–Kier alpha value is -3.61. The lowest BCUT2D eigenvalue weighted by Crippen LogP contribution is -2.30. The van der Waals surface area contributed by atoms with Gasteiger partial charge in [0.05, 0.1) is 6.54 Å². The van der Waals surface area contributed by atoms with Crippen LogP contribution in [0.4, 0.5) is 10.5 Å². The molecule has 0 saturated heterocycles. The molecule has 1 aliphatic heterocycles. The maximum absolute atomic E-state index is 12.5. The number of urea groups is 1. The molecule has 1 aliphatic rings. The van der Waals surface area contributed by atoms with E-state index in [9.17, 15) is 9.59 Å². The van der Waals surface area contributed by atoms with E-state index in [2.05, 4.69) is 15.8 Å². The molecule has 3 aromatic rings. The number of nitrogens with one attached hydrogen (secondary N) is 2. The van der Waals surface area contributed by atoms with Gasteiger partial charge in [0.1, 0.15) is 11.5 Å². The van der Waals surface area contributed by atoms with E-state index in [-0.39, 0.29) is 11.9 Å². The second kappa shape index (κ2) is 7.56. The zero-order valence-electron chi connectivity index (χ0n) is 15.4. The van der Waals surface area contributed by atoms with Gasteiger partial charge < -0.3 is 20.1 Å². The van der Waals surface area contributed by atoms with E-state index in [0.29, 0.717) is 42.3 Å². The molecule has 2 heterocycles. The van der Waals surface area contributed by atoms with Crippen molar-refractivity contribution in [2.45, 2.75) is 26.6 Å². The first-order chi connectivity index (χ1) is 13.6. The molecule has 0 saturated carbocycles. The van der Waals surface area contributed by atoms with Crippen molar-refractivity contribution < 1.29 is 14.1 Å². The Bertz CT molecular complexity index is 985. The molecule has 0 unspecified atom stereocenters. The second-order valence-corrected chi connectivity index (χ2v) is 6.74. The summed E-state index contributed by atoms with van der Waals surface area (Å²) in [4.78, 5) is 26.5. The van der Waals surface area contributed by atoms with E-state index >= 15 is 0 Å². The highest BCUT2D eigenvalue weighted by atomic mass is 16.5. The number of aryl methyl sites for hydroxylation is 1. The number of hydrogen-bond acceptors (Lipinski definition) is 4. The Morgan fingerprint density at radius 2 is 1.75 bits per heavy atom. The lowest BCUT2D eigenvalue weighted by molar-refractivity contribution is 0.0950. The van der Waals surface area contributed by atoms with Crippen LogP contribution in [-0.4, -0.2) is 22.0 Å². The topological polar surface area (TPSA) is 87.5 Å². The van der Waals surface area contributed by atoms with E-state index in [1.54, 1.807) is 42.2 Å². The Balaban J connectivity index is 1.32. The molecule has 0 spiro atoms. The molecule has 28 heavy (non-hydrogen) atoms. The van der Waals surface area contributed by atoms with Gasteiger partial charge in [-0.2, -0.15) is 0 Å². The van der Waals surface area contributed by atoms with E-state index in [4.69, 9.17) is 4.52 Å². The normalized spacial score (nSPS) is 12.5. The van der Waals surface area contributed by atoms with Gasteiger partial charge in [0.15, 0.2) is 0 Å².